The molecular formula is C25H18BrClN4O4S. The van der Waals surface area contributed by atoms with Crippen LogP contribution in [0.2, 0.25) is 5.02 Å². The van der Waals surface area contributed by atoms with Gasteiger partial charge in [0.25, 0.3) is 5.91 Å². The van der Waals surface area contributed by atoms with E-state index < -0.39 is 18.5 Å². The van der Waals surface area contributed by atoms with Crippen molar-refractivity contribution in [3.63, 3.8) is 0 Å². The number of nitrogens with one attached hydrogen (secondary N) is 2. The van der Waals surface area contributed by atoms with Crippen molar-refractivity contribution in [2.75, 3.05) is 11.9 Å². The van der Waals surface area contributed by atoms with Gasteiger partial charge in [-0.2, -0.15) is 5.10 Å². The van der Waals surface area contributed by atoms with Gasteiger partial charge in [-0.1, -0.05) is 39.7 Å². The van der Waals surface area contributed by atoms with Gasteiger partial charge >= 0.3 is 5.97 Å². The molecule has 3 N–H and O–H groups in total. The Morgan fingerprint density at radius 2 is 1.86 bits per heavy atom. The van der Waals surface area contributed by atoms with E-state index in [0.717, 1.165) is 26.5 Å². The van der Waals surface area contributed by atoms with E-state index in [1.165, 1.54) is 17.6 Å². The smallest absolute Gasteiger partial charge is 0.341 e. The van der Waals surface area contributed by atoms with Crippen molar-refractivity contribution < 1.29 is 19.4 Å². The summed E-state index contributed by atoms with van der Waals surface area (Å²) in [5.41, 5.74) is 5.92. The van der Waals surface area contributed by atoms with Crippen LogP contribution in [-0.2, 0) is 4.79 Å². The number of amides is 1. The normalized spacial score (nSPS) is 10.8. The molecule has 0 radical (unpaired) electrons. The van der Waals surface area contributed by atoms with Crippen LogP contribution in [0.5, 0.6) is 5.75 Å². The summed E-state index contributed by atoms with van der Waals surface area (Å²) in [6.45, 7) is -0.487. The molecule has 4 aromatic rings. The van der Waals surface area contributed by atoms with Crippen LogP contribution in [0, 0.1) is 0 Å². The highest BCUT2D eigenvalue weighted by Crippen LogP contribution is 2.28. The average molecular weight is 586 g/mol. The standard InChI is InChI=1S/C25H18BrClN4O4S/c26-18-5-10-22(35-13-23(32)33)17(11-18)12-28-31-24(34)16-3-1-15(2-4-16)21-14-36-25(30-21)29-20-8-6-19(27)7-9-20/h1-12,14H,13H2,(H,29,30)(H,31,34)(H,32,33)/b28-12-. The Bertz CT molecular complexity index is 1410. The lowest BCUT2D eigenvalue weighted by Gasteiger charge is -2.07. The lowest BCUT2D eigenvalue weighted by atomic mass is 10.1. The maximum absolute atomic E-state index is 12.5. The second kappa shape index (κ2) is 11.8. The van der Waals surface area contributed by atoms with E-state index in [1.54, 1.807) is 42.5 Å². The zero-order valence-electron chi connectivity index (χ0n) is 18.4. The van der Waals surface area contributed by atoms with Gasteiger partial charge in [0.05, 0.1) is 11.9 Å². The first-order valence-corrected chi connectivity index (χ1v) is 12.5. The lowest BCUT2D eigenvalue weighted by molar-refractivity contribution is -0.139. The second-order valence-corrected chi connectivity index (χ2v) is 9.52. The molecule has 0 aliphatic carbocycles. The van der Waals surface area contributed by atoms with Crippen molar-refractivity contribution >= 4 is 67.8 Å². The van der Waals surface area contributed by atoms with Crippen LogP contribution >= 0.6 is 38.9 Å². The number of rotatable bonds is 9. The minimum Gasteiger partial charge on any atom is -0.481 e. The molecule has 3 aromatic carbocycles. The first kappa shape index (κ1) is 25.4. The van der Waals surface area contributed by atoms with Gasteiger partial charge in [-0.05, 0) is 54.6 Å². The van der Waals surface area contributed by atoms with E-state index in [1.807, 2.05) is 29.6 Å². The van der Waals surface area contributed by atoms with Crippen LogP contribution in [0.1, 0.15) is 15.9 Å². The largest absolute Gasteiger partial charge is 0.481 e. The van der Waals surface area contributed by atoms with Gasteiger partial charge in [0.2, 0.25) is 0 Å². The van der Waals surface area contributed by atoms with Gasteiger partial charge in [-0.15, -0.1) is 11.3 Å². The van der Waals surface area contributed by atoms with Crippen molar-refractivity contribution in [1.82, 2.24) is 10.4 Å². The first-order valence-electron chi connectivity index (χ1n) is 10.4. The molecule has 0 spiro atoms. The van der Waals surface area contributed by atoms with Gasteiger partial charge in [0.15, 0.2) is 11.7 Å². The van der Waals surface area contributed by atoms with Crippen LogP contribution in [-0.4, -0.2) is 34.8 Å². The highest BCUT2D eigenvalue weighted by Gasteiger charge is 2.09. The number of aliphatic carboxylic acids is 1. The van der Waals surface area contributed by atoms with E-state index in [2.05, 4.69) is 36.8 Å². The molecule has 0 bridgehead atoms. The molecule has 1 amide bonds. The highest BCUT2D eigenvalue weighted by atomic mass is 79.9. The van der Waals surface area contributed by atoms with Crippen LogP contribution in [0.3, 0.4) is 0 Å². The average Bonchev–Trinajstić information content (AvgIpc) is 3.33. The van der Waals surface area contributed by atoms with Crippen molar-refractivity contribution in [2.45, 2.75) is 0 Å². The monoisotopic (exact) mass is 584 g/mol. The molecule has 1 aromatic heterocycles. The molecular weight excluding hydrogens is 568 g/mol. The van der Waals surface area contributed by atoms with Crippen LogP contribution in [0.25, 0.3) is 11.3 Å². The van der Waals surface area contributed by atoms with Crippen molar-refractivity contribution in [3.8, 4) is 17.0 Å². The van der Waals surface area contributed by atoms with Gasteiger partial charge in [-0.3, -0.25) is 4.79 Å². The number of benzene rings is 3. The molecule has 0 atom stereocenters. The summed E-state index contributed by atoms with van der Waals surface area (Å²) in [5, 5.41) is 19.4. The molecule has 0 fully saturated rings. The molecule has 0 saturated heterocycles. The van der Waals surface area contributed by atoms with Crippen LogP contribution < -0.4 is 15.5 Å². The van der Waals surface area contributed by atoms with Gasteiger partial charge in [0, 0.05) is 37.3 Å². The zero-order chi connectivity index (χ0) is 25.5. The summed E-state index contributed by atoms with van der Waals surface area (Å²) in [6.07, 6.45) is 1.39. The number of carbonyl (C=O) groups is 2. The summed E-state index contributed by atoms with van der Waals surface area (Å²) in [7, 11) is 0. The number of halogens is 2. The molecule has 1 heterocycles. The minimum atomic E-state index is -1.09. The summed E-state index contributed by atoms with van der Waals surface area (Å²) >= 11 is 10.7. The number of carboxylic acids is 1. The molecule has 0 aliphatic heterocycles. The molecule has 4 rings (SSSR count). The van der Waals surface area contributed by atoms with Crippen molar-refractivity contribution in [3.05, 3.63) is 92.7 Å². The van der Waals surface area contributed by atoms with Crippen LogP contribution in [0.15, 0.2) is 81.7 Å². The number of ether oxygens (including phenoxy) is 1. The zero-order valence-corrected chi connectivity index (χ0v) is 21.6. The Balaban J connectivity index is 1.38. The Morgan fingerprint density at radius 1 is 1.11 bits per heavy atom. The topological polar surface area (TPSA) is 113 Å². The SMILES string of the molecule is O=C(O)COc1ccc(Br)cc1/C=N\NC(=O)c1ccc(-c2csc(Nc3ccc(Cl)cc3)n2)cc1. The Hall–Kier alpha value is -3.73. The van der Waals surface area contributed by atoms with E-state index in [0.29, 0.717) is 21.9 Å². The fourth-order valence-electron chi connectivity index (χ4n) is 3.03. The van der Waals surface area contributed by atoms with Gasteiger partial charge in [-0.25, -0.2) is 15.2 Å². The summed E-state index contributed by atoms with van der Waals surface area (Å²) in [6, 6.07) is 19.4. The van der Waals surface area contributed by atoms with Gasteiger partial charge in [0.1, 0.15) is 5.75 Å². The Morgan fingerprint density at radius 3 is 2.58 bits per heavy atom. The molecule has 36 heavy (non-hydrogen) atoms. The lowest BCUT2D eigenvalue weighted by Crippen LogP contribution is -2.17. The summed E-state index contributed by atoms with van der Waals surface area (Å²) in [4.78, 5) is 27.9. The maximum Gasteiger partial charge on any atom is 0.341 e. The molecule has 182 valence electrons. The number of hydrazone groups is 1. The second-order valence-electron chi connectivity index (χ2n) is 7.31. The first-order chi connectivity index (χ1) is 17.4. The summed E-state index contributed by atoms with van der Waals surface area (Å²) in [5.74, 6) is -1.16. The Labute approximate surface area is 223 Å². The van der Waals surface area contributed by atoms with E-state index in [9.17, 15) is 9.59 Å². The molecule has 11 heteroatoms. The Kier molecular flexibility index (Phi) is 8.32. The predicted octanol–water partition coefficient (Wildman–Crippen LogP) is 6.20. The van der Waals surface area contributed by atoms with E-state index in [4.69, 9.17) is 21.4 Å². The van der Waals surface area contributed by atoms with Crippen molar-refractivity contribution in [2.24, 2.45) is 5.10 Å². The maximum atomic E-state index is 12.5. The predicted molar refractivity (Wildman–Crippen MR) is 145 cm³/mol. The van der Waals surface area contributed by atoms with E-state index >= 15 is 0 Å². The number of nitrogens with zero attached hydrogens (tertiary/aromatic N) is 2. The van der Waals surface area contributed by atoms with Crippen LogP contribution in [0.4, 0.5) is 10.8 Å². The number of hydrogen-bond acceptors (Lipinski definition) is 7. The third kappa shape index (κ3) is 6.91. The number of carboxylic acid groups (broad SMARTS) is 1. The third-order valence-electron chi connectivity index (χ3n) is 4.74. The number of thiazole rings is 1. The fourth-order valence-corrected chi connectivity index (χ4v) is 4.27. The number of aromatic nitrogens is 1. The molecule has 8 nitrogen and oxygen atoms in total. The number of carbonyl (C=O) groups excluding carboxylic acids is 1. The molecule has 0 saturated carbocycles. The highest BCUT2D eigenvalue weighted by molar-refractivity contribution is 9.10. The molecule has 0 unspecified atom stereocenters. The quantitative estimate of drug-likeness (QED) is 0.159. The molecule has 0 aliphatic rings. The number of anilines is 2. The number of hydrogen-bond donors (Lipinski definition) is 3. The summed E-state index contributed by atoms with van der Waals surface area (Å²) < 4.78 is 6.00. The third-order valence-corrected chi connectivity index (χ3v) is 6.24. The minimum absolute atomic E-state index is 0.330. The van der Waals surface area contributed by atoms with Gasteiger partial charge < -0.3 is 15.2 Å². The fraction of sp³-hybridized carbons (Fsp3) is 0.0400. The van der Waals surface area contributed by atoms with Crippen molar-refractivity contribution in [1.29, 1.82) is 0 Å². The van der Waals surface area contributed by atoms with E-state index in [-0.39, 0.29) is 0 Å².